The van der Waals surface area contributed by atoms with Gasteiger partial charge in [0.25, 0.3) is 0 Å². The number of carbonyl (C=O) groups is 1. The SMILES string of the molecule is O=Cc1ccc(Cl)cc1Oc1ccc2c(c1)OCO2. The Hall–Kier alpha value is -2.20. The van der Waals surface area contributed by atoms with Crippen molar-refractivity contribution in [3.63, 3.8) is 0 Å². The number of halogens is 1. The molecule has 96 valence electrons. The fourth-order valence-electron chi connectivity index (χ4n) is 1.76. The van der Waals surface area contributed by atoms with E-state index in [1.54, 1.807) is 36.4 Å². The topological polar surface area (TPSA) is 44.8 Å². The van der Waals surface area contributed by atoms with Crippen molar-refractivity contribution in [1.29, 1.82) is 0 Å². The summed E-state index contributed by atoms with van der Waals surface area (Å²) in [6.45, 7) is 0.204. The van der Waals surface area contributed by atoms with Gasteiger partial charge < -0.3 is 14.2 Å². The molecule has 0 saturated carbocycles. The molecule has 0 fully saturated rings. The van der Waals surface area contributed by atoms with Gasteiger partial charge in [-0.2, -0.15) is 0 Å². The second-order valence-electron chi connectivity index (χ2n) is 3.92. The van der Waals surface area contributed by atoms with Crippen molar-refractivity contribution < 1.29 is 19.0 Å². The minimum atomic E-state index is 0.204. The molecule has 0 bridgehead atoms. The Balaban J connectivity index is 1.93. The van der Waals surface area contributed by atoms with Gasteiger partial charge in [-0.25, -0.2) is 0 Å². The Labute approximate surface area is 114 Å². The molecule has 0 radical (unpaired) electrons. The largest absolute Gasteiger partial charge is 0.456 e. The number of benzene rings is 2. The van der Waals surface area contributed by atoms with Gasteiger partial charge in [0, 0.05) is 17.2 Å². The third-order valence-electron chi connectivity index (χ3n) is 2.67. The summed E-state index contributed by atoms with van der Waals surface area (Å²) in [4.78, 5) is 10.9. The third kappa shape index (κ3) is 2.35. The maximum absolute atomic E-state index is 10.9. The molecule has 4 nitrogen and oxygen atoms in total. The van der Waals surface area contributed by atoms with Crippen molar-refractivity contribution in [2.45, 2.75) is 0 Å². The quantitative estimate of drug-likeness (QED) is 0.802. The van der Waals surface area contributed by atoms with Crippen LogP contribution in [-0.2, 0) is 0 Å². The standard InChI is InChI=1S/C14H9ClO4/c15-10-2-1-9(7-16)13(5-10)19-11-3-4-12-14(6-11)18-8-17-12/h1-7H,8H2. The average Bonchev–Trinajstić information content (AvgIpc) is 2.86. The van der Waals surface area contributed by atoms with Crippen LogP contribution in [-0.4, -0.2) is 13.1 Å². The lowest BCUT2D eigenvalue weighted by Crippen LogP contribution is -1.93. The highest BCUT2D eigenvalue weighted by Gasteiger charge is 2.14. The van der Waals surface area contributed by atoms with Crippen LogP contribution in [0.5, 0.6) is 23.0 Å². The molecular formula is C14H9ClO4. The van der Waals surface area contributed by atoms with Gasteiger partial charge in [-0.3, -0.25) is 4.79 Å². The first kappa shape index (κ1) is 11.9. The lowest BCUT2D eigenvalue weighted by molar-refractivity contribution is 0.112. The molecule has 2 aromatic carbocycles. The summed E-state index contributed by atoms with van der Waals surface area (Å²) in [5, 5.41) is 0.501. The molecule has 2 aromatic rings. The van der Waals surface area contributed by atoms with Crippen molar-refractivity contribution in [2.24, 2.45) is 0 Å². The normalized spacial score (nSPS) is 12.3. The van der Waals surface area contributed by atoms with Crippen LogP contribution in [0, 0.1) is 0 Å². The number of hydrogen-bond acceptors (Lipinski definition) is 4. The van der Waals surface area contributed by atoms with Crippen LogP contribution in [0.4, 0.5) is 0 Å². The number of aldehydes is 1. The Morgan fingerprint density at radius 2 is 1.95 bits per heavy atom. The fraction of sp³-hybridized carbons (Fsp3) is 0.0714. The lowest BCUT2D eigenvalue weighted by atomic mass is 10.2. The van der Waals surface area contributed by atoms with Gasteiger partial charge >= 0.3 is 0 Å². The van der Waals surface area contributed by atoms with E-state index in [9.17, 15) is 4.79 Å². The fourth-order valence-corrected chi connectivity index (χ4v) is 1.92. The summed E-state index contributed by atoms with van der Waals surface area (Å²) in [5.74, 6) is 2.25. The average molecular weight is 277 g/mol. The molecule has 1 heterocycles. The van der Waals surface area contributed by atoms with Gasteiger partial charge in [0.05, 0.1) is 5.56 Å². The van der Waals surface area contributed by atoms with Crippen molar-refractivity contribution in [1.82, 2.24) is 0 Å². The van der Waals surface area contributed by atoms with E-state index in [1.165, 1.54) is 0 Å². The lowest BCUT2D eigenvalue weighted by Gasteiger charge is -2.08. The second kappa shape index (κ2) is 4.82. The zero-order valence-corrected chi connectivity index (χ0v) is 10.5. The summed E-state index contributed by atoms with van der Waals surface area (Å²) in [7, 11) is 0. The van der Waals surface area contributed by atoms with Gasteiger partial charge in [0.2, 0.25) is 6.79 Å². The van der Waals surface area contributed by atoms with Crippen molar-refractivity contribution in [3.8, 4) is 23.0 Å². The van der Waals surface area contributed by atoms with Crippen molar-refractivity contribution in [3.05, 3.63) is 47.0 Å². The molecule has 0 spiro atoms. The van der Waals surface area contributed by atoms with E-state index in [-0.39, 0.29) is 6.79 Å². The van der Waals surface area contributed by atoms with E-state index in [0.29, 0.717) is 33.6 Å². The third-order valence-corrected chi connectivity index (χ3v) is 2.91. The van der Waals surface area contributed by atoms with Crippen LogP contribution in [0.1, 0.15) is 10.4 Å². The summed E-state index contributed by atoms with van der Waals surface area (Å²) >= 11 is 5.89. The number of ether oxygens (including phenoxy) is 3. The number of fused-ring (bicyclic) bond motifs is 1. The summed E-state index contributed by atoms with van der Waals surface area (Å²) in [5.41, 5.74) is 0.432. The van der Waals surface area contributed by atoms with Gasteiger partial charge in [-0.15, -0.1) is 0 Å². The molecule has 0 saturated heterocycles. The van der Waals surface area contributed by atoms with Gasteiger partial charge in [0.15, 0.2) is 17.8 Å². The number of hydrogen-bond donors (Lipinski definition) is 0. The molecule has 19 heavy (non-hydrogen) atoms. The zero-order chi connectivity index (χ0) is 13.2. The first-order valence-electron chi connectivity index (χ1n) is 5.58. The molecule has 1 aliphatic rings. The predicted molar refractivity (Wildman–Crippen MR) is 69.5 cm³/mol. The van der Waals surface area contributed by atoms with E-state index < -0.39 is 0 Å². The Kier molecular flexibility index (Phi) is 3.01. The van der Waals surface area contributed by atoms with E-state index in [2.05, 4.69) is 0 Å². The van der Waals surface area contributed by atoms with Gasteiger partial charge in [-0.1, -0.05) is 11.6 Å². The van der Waals surface area contributed by atoms with Crippen LogP contribution in [0.15, 0.2) is 36.4 Å². The molecule has 3 rings (SSSR count). The minimum absolute atomic E-state index is 0.204. The van der Waals surface area contributed by atoms with E-state index >= 15 is 0 Å². The number of carbonyl (C=O) groups excluding carboxylic acids is 1. The molecule has 0 N–H and O–H groups in total. The van der Waals surface area contributed by atoms with E-state index in [1.807, 2.05) is 0 Å². The van der Waals surface area contributed by atoms with E-state index in [4.69, 9.17) is 25.8 Å². The molecule has 0 unspecified atom stereocenters. The van der Waals surface area contributed by atoms with Crippen LogP contribution >= 0.6 is 11.6 Å². The zero-order valence-electron chi connectivity index (χ0n) is 9.76. The molecule has 0 aliphatic carbocycles. The molecule has 0 aromatic heterocycles. The van der Waals surface area contributed by atoms with Crippen molar-refractivity contribution >= 4 is 17.9 Å². The van der Waals surface area contributed by atoms with Gasteiger partial charge in [-0.05, 0) is 24.3 Å². The minimum Gasteiger partial charge on any atom is -0.456 e. The van der Waals surface area contributed by atoms with Crippen LogP contribution in [0.3, 0.4) is 0 Å². The highest BCUT2D eigenvalue weighted by Crippen LogP contribution is 2.37. The molecule has 0 amide bonds. The molecule has 0 atom stereocenters. The van der Waals surface area contributed by atoms with Crippen molar-refractivity contribution in [2.75, 3.05) is 6.79 Å². The van der Waals surface area contributed by atoms with E-state index in [0.717, 1.165) is 6.29 Å². The maximum atomic E-state index is 10.9. The Morgan fingerprint density at radius 3 is 2.79 bits per heavy atom. The Morgan fingerprint density at radius 1 is 1.11 bits per heavy atom. The number of rotatable bonds is 3. The molecule has 5 heteroatoms. The second-order valence-corrected chi connectivity index (χ2v) is 4.35. The predicted octanol–water partition coefficient (Wildman–Crippen LogP) is 3.67. The van der Waals surface area contributed by atoms with Crippen LogP contribution < -0.4 is 14.2 Å². The highest BCUT2D eigenvalue weighted by atomic mass is 35.5. The van der Waals surface area contributed by atoms with Crippen LogP contribution in [0.2, 0.25) is 5.02 Å². The highest BCUT2D eigenvalue weighted by molar-refractivity contribution is 6.30. The van der Waals surface area contributed by atoms with Crippen LogP contribution in [0.25, 0.3) is 0 Å². The first-order chi connectivity index (χ1) is 9.26. The first-order valence-corrected chi connectivity index (χ1v) is 5.96. The Bertz CT molecular complexity index is 639. The molecular weight excluding hydrogens is 268 g/mol. The maximum Gasteiger partial charge on any atom is 0.231 e. The summed E-state index contributed by atoms with van der Waals surface area (Å²) in [6.07, 6.45) is 0.721. The van der Waals surface area contributed by atoms with Gasteiger partial charge in [0.1, 0.15) is 11.5 Å². The smallest absolute Gasteiger partial charge is 0.231 e. The summed E-state index contributed by atoms with van der Waals surface area (Å²) < 4.78 is 16.1. The molecule has 1 aliphatic heterocycles. The monoisotopic (exact) mass is 276 g/mol. The summed E-state index contributed by atoms with van der Waals surface area (Å²) in [6, 6.07) is 10.0.